The third-order valence-electron chi connectivity index (χ3n) is 2.38. The van der Waals surface area contributed by atoms with Crippen molar-refractivity contribution in [3.8, 4) is 6.07 Å². The molecule has 0 saturated heterocycles. The molecule has 1 aromatic carbocycles. The Balaban J connectivity index is 2.99. The van der Waals surface area contributed by atoms with E-state index in [1.54, 1.807) is 0 Å². The molecule has 17 heavy (non-hydrogen) atoms. The minimum Gasteiger partial charge on any atom is -0.293 e. The predicted molar refractivity (Wildman–Crippen MR) is 67.0 cm³/mol. The topological polar surface area (TPSA) is 40.9 Å². The lowest BCUT2D eigenvalue weighted by atomic mass is 9.91. The number of benzene rings is 1. The summed E-state index contributed by atoms with van der Waals surface area (Å²) in [5.74, 6) is -1.07. The second-order valence-corrected chi connectivity index (χ2v) is 5.15. The lowest BCUT2D eigenvalue weighted by molar-refractivity contribution is 0.0936. The smallest absolute Gasteiger partial charge is 0.181 e. The van der Waals surface area contributed by atoms with Gasteiger partial charge in [-0.25, -0.2) is 4.39 Å². The van der Waals surface area contributed by atoms with E-state index in [9.17, 15) is 9.18 Å². The van der Waals surface area contributed by atoms with E-state index < -0.39 is 11.7 Å². The number of rotatable bonds is 4. The summed E-state index contributed by atoms with van der Waals surface area (Å²) in [7, 11) is 0. The van der Waals surface area contributed by atoms with Crippen LogP contribution in [0.4, 0.5) is 4.39 Å². The van der Waals surface area contributed by atoms with Crippen LogP contribution in [0.15, 0.2) is 22.7 Å². The zero-order valence-electron chi connectivity index (χ0n) is 9.71. The Morgan fingerprint density at radius 3 is 2.65 bits per heavy atom. The Kier molecular flexibility index (Phi) is 4.83. The fourth-order valence-electron chi connectivity index (χ4n) is 1.57. The SMILES string of the molecule is CC(C)CC(C#N)C(=O)c1ccc(F)cc1Br. The van der Waals surface area contributed by atoms with Crippen LogP contribution in [-0.4, -0.2) is 5.78 Å². The molecule has 4 heteroatoms. The molecule has 0 aliphatic carbocycles. The van der Waals surface area contributed by atoms with Gasteiger partial charge in [-0.1, -0.05) is 13.8 Å². The summed E-state index contributed by atoms with van der Waals surface area (Å²) in [6.45, 7) is 3.91. The van der Waals surface area contributed by atoms with Crippen molar-refractivity contribution in [1.29, 1.82) is 5.26 Å². The number of halogens is 2. The van der Waals surface area contributed by atoms with Gasteiger partial charge in [-0.05, 0) is 46.5 Å². The average molecular weight is 298 g/mol. The average Bonchev–Trinajstić information content (AvgIpc) is 2.24. The van der Waals surface area contributed by atoms with Crippen LogP contribution in [0.5, 0.6) is 0 Å². The molecule has 2 nitrogen and oxygen atoms in total. The first-order chi connectivity index (χ1) is 7.95. The molecule has 0 heterocycles. The lowest BCUT2D eigenvalue weighted by Crippen LogP contribution is -2.15. The van der Waals surface area contributed by atoms with E-state index in [0.717, 1.165) is 0 Å². The second kappa shape index (κ2) is 5.92. The van der Waals surface area contributed by atoms with Crippen LogP contribution in [0.3, 0.4) is 0 Å². The highest BCUT2D eigenvalue weighted by atomic mass is 79.9. The number of nitriles is 1. The molecule has 0 saturated carbocycles. The highest BCUT2D eigenvalue weighted by Crippen LogP contribution is 2.23. The van der Waals surface area contributed by atoms with Crippen LogP contribution in [0.25, 0.3) is 0 Å². The molecule has 1 aromatic rings. The highest BCUT2D eigenvalue weighted by molar-refractivity contribution is 9.10. The number of carbonyl (C=O) groups is 1. The molecule has 0 fully saturated rings. The van der Waals surface area contributed by atoms with Gasteiger partial charge < -0.3 is 0 Å². The molecule has 0 bridgehead atoms. The van der Waals surface area contributed by atoms with Crippen molar-refractivity contribution in [3.63, 3.8) is 0 Å². The van der Waals surface area contributed by atoms with Crippen molar-refractivity contribution in [3.05, 3.63) is 34.1 Å². The van der Waals surface area contributed by atoms with Gasteiger partial charge in [0.2, 0.25) is 0 Å². The molecule has 1 rings (SSSR count). The first kappa shape index (κ1) is 13.9. The molecule has 0 spiro atoms. The largest absolute Gasteiger partial charge is 0.293 e. The zero-order valence-corrected chi connectivity index (χ0v) is 11.3. The maximum Gasteiger partial charge on any atom is 0.181 e. The number of Topliss-reactive ketones (excluding diaryl/α,β-unsaturated/α-hetero) is 1. The van der Waals surface area contributed by atoms with Gasteiger partial charge in [0.25, 0.3) is 0 Å². The highest BCUT2D eigenvalue weighted by Gasteiger charge is 2.22. The summed E-state index contributed by atoms with van der Waals surface area (Å²) < 4.78 is 13.3. The maximum absolute atomic E-state index is 12.9. The summed E-state index contributed by atoms with van der Waals surface area (Å²) >= 11 is 3.14. The fraction of sp³-hybridized carbons (Fsp3) is 0.385. The summed E-state index contributed by atoms with van der Waals surface area (Å²) in [5, 5.41) is 8.99. The fourth-order valence-corrected chi connectivity index (χ4v) is 2.11. The number of carbonyl (C=O) groups excluding carboxylic acids is 1. The van der Waals surface area contributed by atoms with Crippen LogP contribution < -0.4 is 0 Å². The zero-order chi connectivity index (χ0) is 13.0. The number of hydrogen-bond donors (Lipinski definition) is 0. The Hall–Kier alpha value is -1.21. The number of ketones is 1. The Bertz CT molecular complexity index is 465. The summed E-state index contributed by atoms with van der Waals surface area (Å²) in [6, 6.07) is 5.88. The molecular weight excluding hydrogens is 285 g/mol. The van der Waals surface area contributed by atoms with Gasteiger partial charge in [-0.3, -0.25) is 4.79 Å². The molecule has 90 valence electrons. The molecule has 0 radical (unpaired) electrons. The Labute approximate surface area is 109 Å². The van der Waals surface area contributed by atoms with Crippen molar-refractivity contribution < 1.29 is 9.18 Å². The normalized spacial score (nSPS) is 12.2. The van der Waals surface area contributed by atoms with Gasteiger partial charge in [0.1, 0.15) is 11.7 Å². The van der Waals surface area contributed by atoms with E-state index in [-0.39, 0.29) is 11.7 Å². The molecule has 1 atom stereocenters. The standard InChI is InChI=1S/C13H13BrFNO/c1-8(2)5-9(7-16)13(17)11-4-3-10(15)6-12(11)14/h3-4,6,8-9H,5H2,1-2H3. The van der Waals surface area contributed by atoms with E-state index in [1.165, 1.54) is 18.2 Å². The van der Waals surface area contributed by atoms with E-state index >= 15 is 0 Å². The third-order valence-corrected chi connectivity index (χ3v) is 3.03. The third kappa shape index (κ3) is 3.64. The first-order valence-electron chi connectivity index (χ1n) is 5.34. The molecule has 1 unspecified atom stereocenters. The molecule has 0 N–H and O–H groups in total. The summed E-state index contributed by atoms with van der Waals surface area (Å²) in [5.41, 5.74) is 0.360. The first-order valence-corrected chi connectivity index (χ1v) is 6.14. The monoisotopic (exact) mass is 297 g/mol. The van der Waals surface area contributed by atoms with Gasteiger partial charge in [-0.2, -0.15) is 5.26 Å². The quantitative estimate of drug-likeness (QED) is 0.789. The summed E-state index contributed by atoms with van der Waals surface area (Å²) in [6.07, 6.45) is 0.513. The lowest BCUT2D eigenvalue weighted by Gasteiger charge is -2.11. The van der Waals surface area contributed by atoms with Crippen LogP contribution >= 0.6 is 15.9 Å². The van der Waals surface area contributed by atoms with E-state index in [4.69, 9.17) is 5.26 Å². The molecular formula is C13H13BrFNO. The van der Waals surface area contributed by atoms with Gasteiger partial charge in [0, 0.05) is 10.0 Å². The summed E-state index contributed by atoms with van der Waals surface area (Å²) in [4.78, 5) is 12.1. The van der Waals surface area contributed by atoms with Crippen molar-refractivity contribution in [2.75, 3.05) is 0 Å². The number of hydrogen-bond acceptors (Lipinski definition) is 2. The van der Waals surface area contributed by atoms with Crippen LogP contribution in [0, 0.1) is 29.0 Å². The Morgan fingerprint density at radius 2 is 2.18 bits per heavy atom. The Morgan fingerprint density at radius 1 is 1.53 bits per heavy atom. The number of nitrogens with zero attached hydrogens (tertiary/aromatic N) is 1. The van der Waals surface area contributed by atoms with Gasteiger partial charge in [-0.15, -0.1) is 0 Å². The van der Waals surface area contributed by atoms with Crippen LogP contribution in [0.2, 0.25) is 0 Å². The van der Waals surface area contributed by atoms with Crippen LogP contribution in [-0.2, 0) is 0 Å². The van der Waals surface area contributed by atoms with Gasteiger partial charge in [0.05, 0.1) is 6.07 Å². The van der Waals surface area contributed by atoms with E-state index in [1.807, 2.05) is 19.9 Å². The van der Waals surface area contributed by atoms with E-state index in [2.05, 4.69) is 15.9 Å². The van der Waals surface area contributed by atoms with Crippen molar-refractivity contribution in [2.24, 2.45) is 11.8 Å². The van der Waals surface area contributed by atoms with Crippen molar-refractivity contribution in [1.82, 2.24) is 0 Å². The van der Waals surface area contributed by atoms with Crippen molar-refractivity contribution >= 4 is 21.7 Å². The predicted octanol–water partition coefficient (Wildman–Crippen LogP) is 3.96. The van der Waals surface area contributed by atoms with Crippen LogP contribution in [0.1, 0.15) is 30.6 Å². The molecule has 0 aromatic heterocycles. The van der Waals surface area contributed by atoms with E-state index in [0.29, 0.717) is 16.5 Å². The molecule has 0 aliphatic heterocycles. The van der Waals surface area contributed by atoms with Gasteiger partial charge in [0.15, 0.2) is 5.78 Å². The maximum atomic E-state index is 12.9. The molecule has 0 aliphatic rings. The second-order valence-electron chi connectivity index (χ2n) is 4.30. The minimum atomic E-state index is -0.670. The van der Waals surface area contributed by atoms with Crippen molar-refractivity contribution in [2.45, 2.75) is 20.3 Å². The van der Waals surface area contributed by atoms with Gasteiger partial charge >= 0.3 is 0 Å². The molecule has 0 amide bonds. The minimum absolute atomic E-state index is 0.256.